The Kier molecular flexibility index (Phi) is 3.89. The summed E-state index contributed by atoms with van der Waals surface area (Å²) in [5.74, 6) is 0.517. The fraction of sp³-hybridized carbons (Fsp3) is 0.889. The van der Waals surface area contributed by atoms with E-state index in [1.54, 1.807) is 6.26 Å². The fourth-order valence-corrected chi connectivity index (χ4v) is 1.67. The van der Waals surface area contributed by atoms with Gasteiger partial charge in [-0.3, -0.25) is 0 Å². The van der Waals surface area contributed by atoms with Gasteiger partial charge in [-0.25, -0.2) is 0 Å². The molecule has 0 aliphatic carbocycles. The van der Waals surface area contributed by atoms with Gasteiger partial charge in [-0.15, -0.1) is 0 Å². The average molecular weight is 169 g/mol. The first-order valence-electron chi connectivity index (χ1n) is 4.51. The van der Waals surface area contributed by atoms with Crippen LogP contribution in [0.5, 0.6) is 0 Å². The first-order valence-corrected chi connectivity index (χ1v) is 4.51. The van der Waals surface area contributed by atoms with E-state index < -0.39 is 0 Å². The normalized spacial score (nSPS) is 21.3. The quantitative estimate of drug-likeness (QED) is 0.604. The first-order chi connectivity index (χ1) is 5.88. The van der Waals surface area contributed by atoms with Crippen LogP contribution in [-0.4, -0.2) is 19.3 Å². The highest BCUT2D eigenvalue weighted by Gasteiger charge is 2.23. The van der Waals surface area contributed by atoms with Crippen molar-refractivity contribution in [3.63, 3.8) is 0 Å². The number of nitriles is 1. The van der Waals surface area contributed by atoms with Crippen molar-refractivity contribution in [3.8, 4) is 6.26 Å². The first kappa shape index (κ1) is 9.34. The van der Waals surface area contributed by atoms with Crippen LogP contribution in [0, 0.1) is 17.4 Å². The van der Waals surface area contributed by atoms with Gasteiger partial charge in [0, 0.05) is 19.1 Å². The molecule has 1 rings (SSSR count). The molecule has 1 aliphatic heterocycles. The maximum Gasteiger partial charge on any atom is 0.286 e. The van der Waals surface area contributed by atoms with Gasteiger partial charge in [0.05, 0.1) is 0 Å². The van der Waals surface area contributed by atoms with Gasteiger partial charge in [-0.2, -0.15) is 5.26 Å². The summed E-state index contributed by atoms with van der Waals surface area (Å²) < 4.78 is 10.2. The number of hydrogen-bond donors (Lipinski definition) is 0. The van der Waals surface area contributed by atoms with E-state index in [4.69, 9.17) is 14.7 Å². The molecule has 0 spiro atoms. The van der Waals surface area contributed by atoms with Gasteiger partial charge in [-0.1, -0.05) is 6.92 Å². The third-order valence-electron chi connectivity index (χ3n) is 2.40. The molecule has 1 saturated heterocycles. The smallest absolute Gasteiger partial charge is 0.286 e. The van der Waals surface area contributed by atoms with Crippen molar-refractivity contribution in [2.24, 2.45) is 5.92 Å². The van der Waals surface area contributed by atoms with Crippen molar-refractivity contribution in [3.05, 3.63) is 0 Å². The monoisotopic (exact) mass is 169 g/mol. The van der Waals surface area contributed by atoms with E-state index in [0.717, 1.165) is 32.5 Å². The second-order valence-corrected chi connectivity index (χ2v) is 3.11. The molecule has 12 heavy (non-hydrogen) atoms. The Labute approximate surface area is 73.3 Å². The van der Waals surface area contributed by atoms with E-state index in [1.165, 1.54) is 0 Å². The topological polar surface area (TPSA) is 42.2 Å². The van der Waals surface area contributed by atoms with Gasteiger partial charge >= 0.3 is 0 Å². The number of hydrogen-bond acceptors (Lipinski definition) is 3. The van der Waals surface area contributed by atoms with Crippen LogP contribution in [0.3, 0.4) is 0 Å². The van der Waals surface area contributed by atoms with Crippen LogP contribution in [-0.2, 0) is 9.47 Å². The van der Waals surface area contributed by atoms with Crippen molar-refractivity contribution in [1.29, 1.82) is 5.26 Å². The summed E-state index contributed by atoms with van der Waals surface area (Å²) in [6, 6.07) is 0. The van der Waals surface area contributed by atoms with Crippen LogP contribution in [0.1, 0.15) is 26.2 Å². The summed E-state index contributed by atoms with van der Waals surface area (Å²) in [6.07, 6.45) is 4.86. The maximum atomic E-state index is 8.39. The standard InChI is InChI=1S/C9H15NO2/c1-2-9(12-7-10)8-3-5-11-6-4-8/h8-9H,2-6H2,1H3/t9-/m1/s1. The Morgan fingerprint density at radius 2 is 2.25 bits per heavy atom. The summed E-state index contributed by atoms with van der Waals surface area (Å²) in [4.78, 5) is 0. The van der Waals surface area contributed by atoms with Crippen LogP contribution in [0.15, 0.2) is 0 Å². The molecule has 0 aromatic carbocycles. The largest absolute Gasteiger partial charge is 0.424 e. The number of nitrogens with zero attached hydrogens (tertiary/aromatic N) is 1. The third-order valence-corrected chi connectivity index (χ3v) is 2.40. The molecule has 0 unspecified atom stereocenters. The second-order valence-electron chi connectivity index (χ2n) is 3.11. The van der Waals surface area contributed by atoms with Crippen molar-refractivity contribution in [2.75, 3.05) is 13.2 Å². The second kappa shape index (κ2) is 5.00. The summed E-state index contributed by atoms with van der Waals surface area (Å²) in [7, 11) is 0. The van der Waals surface area contributed by atoms with E-state index in [-0.39, 0.29) is 6.10 Å². The molecule has 0 radical (unpaired) electrons. The van der Waals surface area contributed by atoms with Crippen LogP contribution in [0.2, 0.25) is 0 Å². The molecule has 3 heteroatoms. The summed E-state index contributed by atoms with van der Waals surface area (Å²) in [5, 5.41) is 8.39. The average Bonchev–Trinajstić information content (AvgIpc) is 2.15. The predicted molar refractivity (Wildman–Crippen MR) is 44.3 cm³/mol. The SMILES string of the molecule is CC[C@@H](OC#N)C1CCOCC1. The lowest BCUT2D eigenvalue weighted by Gasteiger charge is -2.27. The van der Waals surface area contributed by atoms with Gasteiger partial charge in [0.15, 0.2) is 0 Å². The zero-order valence-electron chi connectivity index (χ0n) is 7.45. The lowest BCUT2D eigenvalue weighted by molar-refractivity contribution is 0.00522. The Morgan fingerprint density at radius 1 is 1.58 bits per heavy atom. The molecule has 0 aromatic rings. The van der Waals surface area contributed by atoms with Crippen LogP contribution >= 0.6 is 0 Å². The number of rotatable bonds is 3. The van der Waals surface area contributed by atoms with Crippen molar-refractivity contribution in [1.82, 2.24) is 0 Å². The Balaban J connectivity index is 2.36. The predicted octanol–water partition coefficient (Wildman–Crippen LogP) is 1.69. The van der Waals surface area contributed by atoms with Crippen molar-refractivity contribution >= 4 is 0 Å². The third kappa shape index (κ3) is 2.38. The Hall–Kier alpha value is -0.750. The van der Waals surface area contributed by atoms with E-state index in [2.05, 4.69) is 6.92 Å². The molecule has 0 saturated carbocycles. The highest BCUT2D eigenvalue weighted by Crippen LogP contribution is 2.22. The van der Waals surface area contributed by atoms with Crippen LogP contribution in [0.25, 0.3) is 0 Å². The van der Waals surface area contributed by atoms with Gasteiger partial charge in [0.25, 0.3) is 6.26 Å². The van der Waals surface area contributed by atoms with E-state index in [9.17, 15) is 0 Å². The molecule has 1 fully saturated rings. The fourth-order valence-electron chi connectivity index (χ4n) is 1.67. The molecule has 0 amide bonds. The maximum absolute atomic E-state index is 8.39. The van der Waals surface area contributed by atoms with E-state index in [0.29, 0.717) is 5.92 Å². The van der Waals surface area contributed by atoms with Gasteiger partial charge in [0.1, 0.15) is 6.10 Å². The summed E-state index contributed by atoms with van der Waals surface area (Å²) in [6.45, 7) is 3.68. The molecule has 0 bridgehead atoms. The minimum Gasteiger partial charge on any atom is -0.424 e. The highest BCUT2D eigenvalue weighted by atomic mass is 16.5. The molecule has 3 nitrogen and oxygen atoms in total. The molecule has 0 N–H and O–H groups in total. The van der Waals surface area contributed by atoms with Crippen LogP contribution in [0.4, 0.5) is 0 Å². The molecule has 1 aliphatic rings. The molecule has 68 valence electrons. The van der Waals surface area contributed by atoms with E-state index >= 15 is 0 Å². The molecule has 0 aromatic heterocycles. The van der Waals surface area contributed by atoms with Gasteiger partial charge < -0.3 is 9.47 Å². The Bertz CT molecular complexity index is 158. The van der Waals surface area contributed by atoms with Gasteiger partial charge in [-0.05, 0) is 19.3 Å². The highest BCUT2D eigenvalue weighted by molar-refractivity contribution is 4.74. The molecular formula is C9H15NO2. The lowest BCUT2D eigenvalue weighted by Crippen LogP contribution is -2.28. The zero-order chi connectivity index (χ0) is 8.81. The van der Waals surface area contributed by atoms with Crippen LogP contribution < -0.4 is 0 Å². The van der Waals surface area contributed by atoms with Gasteiger partial charge in [0.2, 0.25) is 0 Å². The Morgan fingerprint density at radius 3 is 2.75 bits per heavy atom. The van der Waals surface area contributed by atoms with Crippen molar-refractivity contribution in [2.45, 2.75) is 32.3 Å². The lowest BCUT2D eigenvalue weighted by atomic mass is 9.92. The molecular weight excluding hydrogens is 154 g/mol. The van der Waals surface area contributed by atoms with Crippen molar-refractivity contribution < 1.29 is 9.47 Å². The molecule has 1 atom stereocenters. The minimum absolute atomic E-state index is 0.110. The zero-order valence-corrected chi connectivity index (χ0v) is 7.45. The summed E-state index contributed by atoms with van der Waals surface area (Å²) >= 11 is 0. The minimum atomic E-state index is 0.110. The number of ether oxygens (including phenoxy) is 2. The molecule has 1 heterocycles. The summed E-state index contributed by atoms with van der Waals surface area (Å²) in [5.41, 5.74) is 0. The van der Waals surface area contributed by atoms with E-state index in [1.807, 2.05) is 0 Å².